The Morgan fingerprint density at radius 1 is 0.720 bits per heavy atom. The number of hydrogen-bond donors (Lipinski definition) is 1. The summed E-state index contributed by atoms with van der Waals surface area (Å²) in [5.41, 5.74) is 7.61. The molecular weight excluding hydrogens is 302 g/mol. The van der Waals surface area contributed by atoms with Gasteiger partial charge in [-0.1, -0.05) is 128 Å². The van der Waals surface area contributed by atoms with Crippen LogP contribution in [0.25, 0.3) is 0 Å². The molecule has 0 heterocycles. The Bertz CT molecular complexity index is 386. The highest BCUT2D eigenvalue weighted by Crippen LogP contribution is 2.23. The van der Waals surface area contributed by atoms with E-state index in [-0.39, 0.29) is 6.04 Å². The SMILES string of the molecule is CCCCCCCCCCCCCCC(C)CC(N)c1ccccc1. The highest BCUT2D eigenvalue weighted by atomic mass is 14.6. The van der Waals surface area contributed by atoms with E-state index in [9.17, 15) is 0 Å². The fourth-order valence-corrected chi connectivity index (χ4v) is 3.72. The van der Waals surface area contributed by atoms with Gasteiger partial charge in [-0.2, -0.15) is 0 Å². The van der Waals surface area contributed by atoms with Crippen molar-refractivity contribution in [1.82, 2.24) is 0 Å². The molecule has 0 amide bonds. The molecule has 25 heavy (non-hydrogen) atoms. The molecule has 1 heteroatoms. The van der Waals surface area contributed by atoms with Crippen LogP contribution < -0.4 is 5.73 Å². The average Bonchev–Trinajstić information content (AvgIpc) is 2.63. The molecule has 2 N–H and O–H groups in total. The van der Waals surface area contributed by atoms with Crippen LogP contribution in [0, 0.1) is 5.92 Å². The molecule has 144 valence electrons. The maximum Gasteiger partial charge on any atom is 0.0297 e. The monoisotopic (exact) mass is 345 g/mol. The zero-order valence-electron chi connectivity index (χ0n) is 17.0. The predicted octanol–water partition coefficient (Wildman–Crippen LogP) is 7.80. The largest absolute Gasteiger partial charge is 0.324 e. The quantitative estimate of drug-likeness (QED) is 0.304. The van der Waals surface area contributed by atoms with Crippen LogP contribution in [0.3, 0.4) is 0 Å². The van der Waals surface area contributed by atoms with E-state index in [0.717, 1.165) is 12.3 Å². The van der Waals surface area contributed by atoms with Gasteiger partial charge in [0, 0.05) is 6.04 Å². The van der Waals surface area contributed by atoms with Gasteiger partial charge in [0.2, 0.25) is 0 Å². The number of nitrogens with two attached hydrogens (primary N) is 1. The first-order valence-electron chi connectivity index (χ1n) is 11.0. The van der Waals surface area contributed by atoms with Crippen LogP contribution in [-0.4, -0.2) is 0 Å². The Labute approximate surface area is 157 Å². The molecule has 0 spiro atoms. The number of hydrogen-bond acceptors (Lipinski definition) is 1. The Morgan fingerprint density at radius 2 is 1.20 bits per heavy atom. The van der Waals surface area contributed by atoms with Crippen LogP contribution in [0.4, 0.5) is 0 Å². The average molecular weight is 346 g/mol. The van der Waals surface area contributed by atoms with E-state index < -0.39 is 0 Å². The minimum atomic E-state index is 0.202. The molecule has 0 aliphatic carbocycles. The third-order valence-electron chi connectivity index (χ3n) is 5.43. The highest BCUT2D eigenvalue weighted by Gasteiger charge is 2.10. The van der Waals surface area contributed by atoms with E-state index in [1.54, 1.807) is 0 Å². The van der Waals surface area contributed by atoms with E-state index in [1.165, 1.54) is 89.0 Å². The summed E-state index contributed by atoms with van der Waals surface area (Å²) >= 11 is 0. The van der Waals surface area contributed by atoms with Gasteiger partial charge < -0.3 is 5.73 Å². The molecule has 0 aliphatic heterocycles. The molecule has 2 unspecified atom stereocenters. The zero-order chi connectivity index (χ0) is 18.2. The molecule has 1 rings (SSSR count). The van der Waals surface area contributed by atoms with Gasteiger partial charge >= 0.3 is 0 Å². The molecule has 0 bridgehead atoms. The summed E-state index contributed by atoms with van der Waals surface area (Å²) in [6.07, 6.45) is 19.6. The standard InChI is InChI=1S/C24H43N/c1-3-4-5-6-7-8-9-10-11-12-13-15-18-22(2)21-24(25)23-19-16-14-17-20-23/h14,16-17,19-20,22,24H,3-13,15,18,21,25H2,1-2H3. The fourth-order valence-electron chi connectivity index (χ4n) is 3.72. The molecule has 0 saturated carbocycles. The molecule has 0 radical (unpaired) electrons. The second-order valence-corrected chi connectivity index (χ2v) is 8.04. The molecule has 1 aromatic carbocycles. The Hall–Kier alpha value is -0.820. The predicted molar refractivity (Wildman–Crippen MR) is 113 cm³/mol. The minimum absolute atomic E-state index is 0.202. The van der Waals surface area contributed by atoms with E-state index in [2.05, 4.69) is 44.2 Å². The molecule has 0 fully saturated rings. The van der Waals surface area contributed by atoms with Gasteiger partial charge in [-0.05, 0) is 17.9 Å². The summed E-state index contributed by atoms with van der Waals surface area (Å²) in [4.78, 5) is 0. The summed E-state index contributed by atoms with van der Waals surface area (Å²) in [7, 11) is 0. The highest BCUT2D eigenvalue weighted by molar-refractivity contribution is 5.18. The fraction of sp³-hybridized carbons (Fsp3) is 0.750. The van der Waals surface area contributed by atoms with Crippen molar-refractivity contribution in [2.24, 2.45) is 11.7 Å². The van der Waals surface area contributed by atoms with Crippen molar-refractivity contribution in [3.8, 4) is 0 Å². The molecular formula is C24H43N. The van der Waals surface area contributed by atoms with Gasteiger partial charge in [0.1, 0.15) is 0 Å². The Kier molecular flexibility index (Phi) is 13.7. The first kappa shape index (κ1) is 22.2. The van der Waals surface area contributed by atoms with Gasteiger partial charge in [0.25, 0.3) is 0 Å². The topological polar surface area (TPSA) is 26.0 Å². The van der Waals surface area contributed by atoms with E-state index >= 15 is 0 Å². The van der Waals surface area contributed by atoms with Crippen LogP contribution in [0.5, 0.6) is 0 Å². The van der Waals surface area contributed by atoms with Crippen molar-refractivity contribution in [3.05, 3.63) is 35.9 Å². The van der Waals surface area contributed by atoms with Crippen molar-refractivity contribution in [1.29, 1.82) is 0 Å². The Balaban J connectivity index is 1.89. The second-order valence-electron chi connectivity index (χ2n) is 8.04. The van der Waals surface area contributed by atoms with Crippen molar-refractivity contribution in [2.45, 2.75) is 110 Å². The minimum Gasteiger partial charge on any atom is -0.324 e. The second kappa shape index (κ2) is 15.4. The smallest absolute Gasteiger partial charge is 0.0297 e. The van der Waals surface area contributed by atoms with Gasteiger partial charge in [-0.3, -0.25) is 0 Å². The number of unbranched alkanes of at least 4 members (excludes halogenated alkanes) is 11. The number of benzene rings is 1. The van der Waals surface area contributed by atoms with Crippen LogP contribution >= 0.6 is 0 Å². The van der Waals surface area contributed by atoms with Crippen molar-refractivity contribution in [2.75, 3.05) is 0 Å². The summed E-state index contributed by atoms with van der Waals surface area (Å²) in [6, 6.07) is 10.7. The summed E-state index contributed by atoms with van der Waals surface area (Å²) in [6.45, 7) is 4.65. The third kappa shape index (κ3) is 12.2. The normalized spacial score (nSPS) is 13.7. The van der Waals surface area contributed by atoms with Gasteiger partial charge in [-0.25, -0.2) is 0 Å². The van der Waals surface area contributed by atoms with E-state index in [4.69, 9.17) is 5.73 Å². The Morgan fingerprint density at radius 3 is 1.72 bits per heavy atom. The van der Waals surface area contributed by atoms with Crippen LogP contribution in [-0.2, 0) is 0 Å². The summed E-state index contributed by atoms with van der Waals surface area (Å²) in [5, 5.41) is 0. The maximum atomic E-state index is 6.33. The van der Waals surface area contributed by atoms with Crippen LogP contribution in [0.1, 0.15) is 115 Å². The first-order chi connectivity index (χ1) is 12.2. The lowest BCUT2D eigenvalue weighted by Crippen LogP contribution is -2.14. The van der Waals surface area contributed by atoms with Crippen LogP contribution in [0.15, 0.2) is 30.3 Å². The van der Waals surface area contributed by atoms with Crippen LogP contribution in [0.2, 0.25) is 0 Å². The lowest BCUT2D eigenvalue weighted by molar-refractivity contribution is 0.420. The molecule has 0 saturated heterocycles. The lowest BCUT2D eigenvalue weighted by atomic mass is 9.92. The zero-order valence-corrected chi connectivity index (χ0v) is 17.0. The first-order valence-corrected chi connectivity index (χ1v) is 11.0. The van der Waals surface area contributed by atoms with E-state index in [1.807, 2.05) is 0 Å². The lowest BCUT2D eigenvalue weighted by Gasteiger charge is -2.17. The van der Waals surface area contributed by atoms with Gasteiger partial charge in [0.15, 0.2) is 0 Å². The molecule has 0 aliphatic rings. The maximum absolute atomic E-state index is 6.33. The van der Waals surface area contributed by atoms with Gasteiger partial charge in [-0.15, -0.1) is 0 Å². The summed E-state index contributed by atoms with van der Waals surface area (Å²) in [5.74, 6) is 0.735. The van der Waals surface area contributed by atoms with E-state index in [0.29, 0.717) is 0 Å². The molecule has 1 nitrogen and oxygen atoms in total. The van der Waals surface area contributed by atoms with Crippen molar-refractivity contribution < 1.29 is 0 Å². The summed E-state index contributed by atoms with van der Waals surface area (Å²) < 4.78 is 0. The molecule has 0 aromatic heterocycles. The van der Waals surface area contributed by atoms with Crippen molar-refractivity contribution >= 4 is 0 Å². The van der Waals surface area contributed by atoms with Crippen molar-refractivity contribution in [3.63, 3.8) is 0 Å². The number of rotatable bonds is 16. The molecule has 1 aromatic rings. The third-order valence-corrected chi connectivity index (χ3v) is 5.43. The molecule has 2 atom stereocenters. The van der Waals surface area contributed by atoms with Gasteiger partial charge in [0.05, 0.1) is 0 Å².